The van der Waals surface area contributed by atoms with Gasteiger partial charge in [0.2, 0.25) is 0 Å². The summed E-state index contributed by atoms with van der Waals surface area (Å²) < 4.78 is 25.4. The van der Waals surface area contributed by atoms with Crippen molar-refractivity contribution in [1.82, 2.24) is 0 Å². The Labute approximate surface area is 174 Å². The predicted octanol–water partition coefficient (Wildman–Crippen LogP) is 5.41. The Bertz CT molecular complexity index is 1040. The Kier molecular flexibility index (Phi) is 5.98. The average Bonchev–Trinajstić information content (AvgIpc) is 3.21. The van der Waals surface area contributed by atoms with Crippen molar-refractivity contribution in [2.45, 2.75) is 32.3 Å². The predicted molar refractivity (Wildman–Crippen MR) is 112 cm³/mol. The molecule has 0 radical (unpaired) electrons. The lowest BCUT2D eigenvalue weighted by atomic mass is 9.97. The number of halogens is 1. The molecule has 0 bridgehead atoms. The number of carboxylic acids is 1. The molecule has 0 unspecified atom stereocenters. The molecular weight excluding hydrogens is 383 g/mol. The molecule has 0 aromatic heterocycles. The maximum absolute atomic E-state index is 13.9. The molecule has 5 heteroatoms. The van der Waals surface area contributed by atoms with Crippen molar-refractivity contribution in [3.8, 4) is 22.6 Å². The highest BCUT2D eigenvalue weighted by atomic mass is 19.1. The Morgan fingerprint density at radius 3 is 2.70 bits per heavy atom. The number of benzene rings is 3. The second-order valence-corrected chi connectivity index (χ2v) is 7.40. The molecule has 0 aliphatic carbocycles. The lowest BCUT2D eigenvalue weighted by Crippen LogP contribution is -2.00. The van der Waals surface area contributed by atoms with E-state index in [2.05, 4.69) is 6.07 Å². The van der Waals surface area contributed by atoms with Crippen LogP contribution >= 0.6 is 0 Å². The van der Waals surface area contributed by atoms with Crippen LogP contribution in [0.25, 0.3) is 11.1 Å². The maximum atomic E-state index is 13.9. The first-order chi connectivity index (χ1) is 14.6. The number of aryl methyl sites for hydroxylation is 1. The smallest absolute Gasteiger partial charge is 0.303 e. The fraction of sp³-hybridized carbons (Fsp3) is 0.240. The van der Waals surface area contributed by atoms with Gasteiger partial charge in [0.25, 0.3) is 0 Å². The zero-order valence-electron chi connectivity index (χ0n) is 16.6. The fourth-order valence-corrected chi connectivity index (χ4v) is 3.67. The van der Waals surface area contributed by atoms with Crippen LogP contribution in [0.3, 0.4) is 0 Å². The molecule has 4 nitrogen and oxygen atoms in total. The highest BCUT2D eigenvalue weighted by Crippen LogP contribution is 2.32. The average molecular weight is 406 g/mol. The zero-order chi connectivity index (χ0) is 20.9. The molecule has 30 heavy (non-hydrogen) atoms. The summed E-state index contributed by atoms with van der Waals surface area (Å²) in [6, 6.07) is 18.4. The zero-order valence-corrected chi connectivity index (χ0v) is 16.6. The Balaban J connectivity index is 1.46. The standard InChI is InChI=1S/C25H23FO4/c26-21-7-10-23(18-6-11-24-19(14-18)12-13-29-24)20(15-21)16-30-22-8-4-17(5-9-22)2-1-3-25(27)28/h4-11,14-15H,1-3,12-13,16H2,(H,27,28). The Hall–Kier alpha value is -3.34. The van der Waals surface area contributed by atoms with E-state index in [4.69, 9.17) is 14.6 Å². The van der Waals surface area contributed by atoms with Crippen LogP contribution in [0.2, 0.25) is 0 Å². The van der Waals surface area contributed by atoms with Crippen molar-refractivity contribution in [3.63, 3.8) is 0 Å². The highest BCUT2D eigenvalue weighted by molar-refractivity contribution is 5.69. The number of aliphatic carboxylic acids is 1. The molecule has 0 amide bonds. The van der Waals surface area contributed by atoms with Crippen LogP contribution in [0.15, 0.2) is 60.7 Å². The minimum absolute atomic E-state index is 0.162. The summed E-state index contributed by atoms with van der Waals surface area (Å²) in [5.41, 5.74) is 4.97. The number of hydrogen-bond donors (Lipinski definition) is 1. The first kappa shape index (κ1) is 20.0. The summed E-state index contributed by atoms with van der Waals surface area (Å²) >= 11 is 0. The lowest BCUT2D eigenvalue weighted by molar-refractivity contribution is -0.137. The van der Waals surface area contributed by atoms with Crippen LogP contribution in [0.1, 0.15) is 29.5 Å². The number of ether oxygens (including phenoxy) is 2. The fourth-order valence-electron chi connectivity index (χ4n) is 3.67. The minimum atomic E-state index is -0.781. The van der Waals surface area contributed by atoms with Crippen molar-refractivity contribution in [2.75, 3.05) is 6.61 Å². The van der Waals surface area contributed by atoms with E-state index in [1.807, 2.05) is 36.4 Å². The van der Waals surface area contributed by atoms with Crippen molar-refractivity contribution in [3.05, 3.63) is 83.2 Å². The van der Waals surface area contributed by atoms with Gasteiger partial charge in [-0.15, -0.1) is 0 Å². The SMILES string of the molecule is O=C(O)CCCc1ccc(OCc2cc(F)ccc2-c2ccc3c(c2)CCO3)cc1. The molecule has 0 spiro atoms. The second kappa shape index (κ2) is 8.99. The Morgan fingerprint density at radius 2 is 1.90 bits per heavy atom. The van der Waals surface area contributed by atoms with E-state index >= 15 is 0 Å². The molecule has 1 aliphatic heterocycles. The quantitative estimate of drug-likeness (QED) is 0.543. The second-order valence-electron chi connectivity index (χ2n) is 7.40. The van der Waals surface area contributed by atoms with Gasteiger partial charge in [-0.2, -0.15) is 0 Å². The van der Waals surface area contributed by atoms with Gasteiger partial charge in [-0.1, -0.05) is 24.3 Å². The third kappa shape index (κ3) is 4.79. The third-order valence-electron chi connectivity index (χ3n) is 5.24. The number of carbonyl (C=O) groups is 1. The van der Waals surface area contributed by atoms with Crippen molar-refractivity contribution >= 4 is 5.97 Å². The highest BCUT2D eigenvalue weighted by Gasteiger charge is 2.15. The normalized spacial score (nSPS) is 12.3. The first-order valence-electron chi connectivity index (χ1n) is 10.1. The van der Waals surface area contributed by atoms with Gasteiger partial charge in [0.1, 0.15) is 23.9 Å². The van der Waals surface area contributed by atoms with Gasteiger partial charge in [0, 0.05) is 12.8 Å². The van der Waals surface area contributed by atoms with Crippen molar-refractivity contribution in [2.24, 2.45) is 0 Å². The molecule has 0 fully saturated rings. The van der Waals surface area contributed by atoms with E-state index in [1.54, 1.807) is 6.07 Å². The summed E-state index contributed by atoms with van der Waals surface area (Å²) in [5.74, 6) is 0.532. The van der Waals surface area contributed by atoms with E-state index in [0.717, 1.165) is 34.4 Å². The van der Waals surface area contributed by atoms with Crippen LogP contribution in [0, 0.1) is 5.82 Å². The van der Waals surface area contributed by atoms with Gasteiger partial charge in [0.05, 0.1) is 6.61 Å². The van der Waals surface area contributed by atoms with Gasteiger partial charge in [0.15, 0.2) is 0 Å². The summed E-state index contributed by atoms with van der Waals surface area (Å²) in [4.78, 5) is 10.6. The van der Waals surface area contributed by atoms with E-state index in [9.17, 15) is 9.18 Å². The largest absolute Gasteiger partial charge is 0.493 e. The third-order valence-corrected chi connectivity index (χ3v) is 5.24. The molecular formula is C25H23FO4. The summed E-state index contributed by atoms with van der Waals surface area (Å²) in [6.45, 7) is 0.948. The number of fused-ring (bicyclic) bond motifs is 1. The molecule has 0 atom stereocenters. The van der Waals surface area contributed by atoms with Gasteiger partial charge >= 0.3 is 5.97 Å². The van der Waals surface area contributed by atoms with Gasteiger partial charge < -0.3 is 14.6 Å². The molecule has 1 heterocycles. The van der Waals surface area contributed by atoms with Crippen LogP contribution in [0.4, 0.5) is 4.39 Å². The molecule has 3 aromatic rings. The van der Waals surface area contributed by atoms with E-state index in [-0.39, 0.29) is 18.8 Å². The number of rotatable bonds is 8. The molecule has 154 valence electrons. The van der Waals surface area contributed by atoms with Gasteiger partial charge in [-0.05, 0) is 77.1 Å². The van der Waals surface area contributed by atoms with Crippen LogP contribution < -0.4 is 9.47 Å². The maximum Gasteiger partial charge on any atom is 0.303 e. The van der Waals surface area contributed by atoms with Gasteiger partial charge in [-0.3, -0.25) is 4.79 Å². The van der Waals surface area contributed by atoms with Crippen LogP contribution in [0.5, 0.6) is 11.5 Å². The Morgan fingerprint density at radius 1 is 1.07 bits per heavy atom. The summed E-state index contributed by atoms with van der Waals surface area (Å²) in [7, 11) is 0. The molecule has 3 aromatic carbocycles. The van der Waals surface area contributed by atoms with Gasteiger partial charge in [-0.25, -0.2) is 4.39 Å². The van der Waals surface area contributed by atoms with Crippen molar-refractivity contribution < 1.29 is 23.8 Å². The molecule has 4 rings (SSSR count). The minimum Gasteiger partial charge on any atom is -0.493 e. The molecule has 0 saturated heterocycles. The van der Waals surface area contributed by atoms with E-state index in [1.165, 1.54) is 17.7 Å². The number of carboxylic acid groups (broad SMARTS) is 1. The molecule has 1 aliphatic rings. The molecule has 0 saturated carbocycles. The first-order valence-corrected chi connectivity index (χ1v) is 10.1. The van der Waals surface area contributed by atoms with Crippen molar-refractivity contribution in [1.29, 1.82) is 0 Å². The van der Waals surface area contributed by atoms with Crippen LogP contribution in [-0.2, 0) is 24.2 Å². The summed E-state index contributed by atoms with van der Waals surface area (Å²) in [5, 5.41) is 8.73. The summed E-state index contributed by atoms with van der Waals surface area (Å²) in [6.07, 6.45) is 2.36. The van der Waals surface area contributed by atoms with E-state index in [0.29, 0.717) is 25.2 Å². The van der Waals surface area contributed by atoms with E-state index < -0.39 is 5.97 Å². The topological polar surface area (TPSA) is 55.8 Å². The molecule has 1 N–H and O–H groups in total. The monoisotopic (exact) mass is 406 g/mol. The number of hydrogen-bond acceptors (Lipinski definition) is 3. The van der Waals surface area contributed by atoms with Crippen LogP contribution in [-0.4, -0.2) is 17.7 Å². The lowest BCUT2D eigenvalue weighted by Gasteiger charge is -2.13.